The van der Waals surface area contributed by atoms with Crippen molar-refractivity contribution in [1.82, 2.24) is 19.8 Å². The van der Waals surface area contributed by atoms with Gasteiger partial charge in [0.1, 0.15) is 5.82 Å². The van der Waals surface area contributed by atoms with Crippen LogP contribution in [0.4, 0.5) is 0 Å². The molecule has 3 heterocycles. The molecule has 0 spiro atoms. The molecule has 2 amide bonds. The number of aromatic nitrogens is 2. The highest BCUT2D eigenvalue weighted by molar-refractivity contribution is 5.81. The number of methoxy groups -OCH3 is 1. The Bertz CT molecular complexity index is 801. The topological polar surface area (TPSA) is 95.6 Å². The molecule has 146 valence electrons. The minimum Gasteiger partial charge on any atom is -0.384 e. The Morgan fingerprint density at radius 2 is 2.04 bits per heavy atom. The third-order valence-electron chi connectivity index (χ3n) is 5.78. The largest absolute Gasteiger partial charge is 0.384 e. The fourth-order valence-electron chi connectivity index (χ4n) is 3.99. The molecule has 8 nitrogen and oxygen atoms in total. The summed E-state index contributed by atoms with van der Waals surface area (Å²) in [6, 6.07) is 0. The normalized spacial score (nSPS) is 22.0. The van der Waals surface area contributed by atoms with E-state index in [9.17, 15) is 14.4 Å². The van der Waals surface area contributed by atoms with E-state index in [1.54, 1.807) is 7.11 Å². The van der Waals surface area contributed by atoms with Crippen LogP contribution >= 0.6 is 0 Å². The number of H-pyrrole nitrogens is 1. The molecular weight excluding hydrogens is 348 g/mol. The van der Waals surface area contributed by atoms with Crippen molar-refractivity contribution in [2.24, 2.45) is 5.92 Å². The molecule has 1 aliphatic carbocycles. The summed E-state index contributed by atoms with van der Waals surface area (Å²) in [7, 11) is 1.58. The average Bonchev–Trinajstić information content (AvgIpc) is 3.41. The predicted molar refractivity (Wildman–Crippen MR) is 97.1 cm³/mol. The first-order valence-electron chi connectivity index (χ1n) is 9.74. The van der Waals surface area contributed by atoms with Crippen LogP contribution in [0.5, 0.6) is 0 Å². The number of rotatable bonds is 5. The molecule has 1 atom stereocenters. The summed E-state index contributed by atoms with van der Waals surface area (Å²) < 4.78 is 4.97. The standard InChI is InChI=1S/C19H26N4O4/c1-27-9-6-16(24)22-7-4-13(10-22)17-20-15-11-23(19(26)12-2-3-12)8-5-14(15)18(25)21-17/h12-13H,2-11H2,1H3,(H,20,21,25). The van der Waals surface area contributed by atoms with Gasteiger partial charge in [-0.1, -0.05) is 0 Å². The fourth-order valence-corrected chi connectivity index (χ4v) is 3.99. The molecule has 2 fully saturated rings. The molecule has 1 aromatic heterocycles. The molecule has 8 heteroatoms. The third kappa shape index (κ3) is 3.76. The van der Waals surface area contributed by atoms with Crippen LogP contribution in [-0.4, -0.2) is 64.9 Å². The Balaban J connectivity index is 1.48. The maximum Gasteiger partial charge on any atom is 0.254 e. The Hall–Kier alpha value is -2.22. The highest BCUT2D eigenvalue weighted by atomic mass is 16.5. The number of hydrogen-bond acceptors (Lipinski definition) is 5. The van der Waals surface area contributed by atoms with Gasteiger partial charge in [-0.3, -0.25) is 14.4 Å². The molecule has 27 heavy (non-hydrogen) atoms. The second kappa shape index (κ2) is 7.42. The molecule has 1 saturated heterocycles. The molecule has 4 rings (SSSR count). The summed E-state index contributed by atoms with van der Waals surface area (Å²) >= 11 is 0. The number of nitrogens with one attached hydrogen (secondary N) is 1. The van der Waals surface area contributed by atoms with Crippen LogP contribution in [0.15, 0.2) is 4.79 Å². The minimum atomic E-state index is -0.0994. The zero-order chi connectivity index (χ0) is 19.0. The highest BCUT2D eigenvalue weighted by Gasteiger charge is 2.36. The van der Waals surface area contributed by atoms with Crippen LogP contribution in [0.2, 0.25) is 0 Å². The van der Waals surface area contributed by atoms with E-state index >= 15 is 0 Å². The van der Waals surface area contributed by atoms with Crippen LogP contribution in [0.25, 0.3) is 0 Å². The van der Waals surface area contributed by atoms with Crippen molar-refractivity contribution in [3.63, 3.8) is 0 Å². The van der Waals surface area contributed by atoms with Crippen molar-refractivity contribution >= 4 is 11.8 Å². The summed E-state index contributed by atoms with van der Waals surface area (Å²) in [6.45, 7) is 2.66. The lowest BCUT2D eigenvalue weighted by Crippen LogP contribution is -2.40. The third-order valence-corrected chi connectivity index (χ3v) is 5.78. The number of nitrogens with zero attached hydrogens (tertiary/aromatic N) is 3. The van der Waals surface area contributed by atoms with Gasteiger partial charge in [-0.05, 0) is 25.7 Å². The van der Waals surface area contributed by atoms with Crippen LogP contribution in [0.1, 0.15) is 48.7 Å². The molecule has 1 saturated carbocycles. The minimum absolute atomic E-state index is 0.0315. The van der Waals surface area contributed by atoms with Gasteiger partial charge in [0.05, 0.1) is 25.3 Å². The lowest BCUT2D eigenvalue weighted by molar-refractivity contribution is -0.133. The first-order valence-corrected chi connectivity index (χ1v) is 9.74. The van der Waals surface area contributed by atoms with Gasteiger partial charge >= 0.3 is 0 Å². The second-order valence-corrected chi connectivity index (χ2v) is 7.73. The number of amides is 2. The summed E-state index contributed by atoms with van der Waals surface area (Å²) in [6.07, 6.45) is 3.67. The van der Waals surface area contributed by atoms with Gasteiger partial charge in [-0.25, -0.2) is 4.98 Å². The SMILES string of the molecule is COCCC(=O)N1CCC(c2nc3c(c(=O)[nH]2)CCN(C(=O)C2CC2)C3)C1. The van der Waals surface area contributed by atoms with Crippen LogP contribution < -0.4 is 5.56 Å². The summed E-state index contributed by atoms with van der Waals surface area (Å²) in [5, 5.41) is 0. The first kappa shape index (κ1) is 18.2. The molecule has 0 radical (unpaired) electrons. The van der Waals surface area contributed by atoms with E-state index in [1.165, 1.54) is 0 Å². The molecule has 0 aromatic carbocycles. The Morgan fingerprint density at radius 3 is 2.78 bits per heavy atom. The van der Waals surface area contributed by atoms with E-state index < -0.39 is 0 Å². The van der Waals surface area contributed by atoms with Crippen molar-refractivity contribution in [3.05, 3.63) is 27.4 Å². The van der Waals surface area contributed by atoms with Crippen LogP contribution in [0, 0.1) is 5.92 Å². The second-order valence-electron chi connectivity index (χ2n) is 7.73. The smallest absolute Gasteiger partial charge is 0.254 e. The Labute approximate surface area is 157 Å². The predicted octanol–water partition coefficient (Wildman–Crippen LogP) is 0.417. The van der Waals surface area contributed by atoms with Crippen molar-refractivity contribution in [3.8, 4) is 0 Å². The summed E-state index contributed by atoms with van der Waals surface area (Å²) in [4.78, 5) is 48.4. The van der Waals surface area contributed by atoms with Crippen molar-refractivity contribution < 1.29 is 14.3 Å². The molecular formula is C19H26N4O4. The molecule has 0 bridgehead atoms. The number of fused-ring (bicyclic) bond motifs is 1. The highest BCUT2D eigenvalue weighted by Crippen LogP contribution is 2.32. The van der Waals surface area contributed by atoms with Gasteiger partial charge in [0.25, 0.3) is 5.56 Å². The molecule has 1 unspecified atom stereocenters. The number of aromatic amines is 1. The average molecular weight is 374 g/mol. The number of hydrogen-bond donors (Lipinski definition) is 1. The quantitative estimate of drug-likeness (QED) is 0.806. The van der Waals surface area contributed by atoms with Crippen molar-refractivity contribution in [1.29, 1.82) is 0 Å². The van der Waals surface area contributed by atoms with E-state index in [-0.39, 0.29) is 29.2 Å². The zero-order valence-corrected chi connectivity index (χ0v) is 15.7. The number of likely N-dealkylation sites (tertiary alicyclic amines) is 1. The van der Waals surface area contributed by atoms with Crippen LogP contribution in [0.3, 0.4) is 0 Å². The molecule has 1 N–H and O–H groups in total. The first-order chi connectivity index (χ1) is 13.1. The van der Waals surface area contributed by atoms with E-state index in [4.69, 9.17) is 9.72 Å². The van der Waals surface area contributed by atoms with E-state index in [0.717, 1.165) is 25.0 Å². The Kier molecular flexibility index (Phi) is 4.99. The monoisotopic (exact) mass is 374 g/mol. The molecule has 1 aromatic rings. The molecule has 3 aliphatic rings. The number of carbonyl (C=O) groups is 2. The summed E-state index contributed by atoms with van der Waals surface area (Å²) in [5.41, 5.74) is 1.32. The van der Waals surface area contributed by atoms with Crippen molar-refractivity contribution in [2.45, 2.75) is 44.6 Å². The maximum atomic E-state index is 12.5. The summed E-state index contributed by atoms with van der Waals surface area (Å²) in [5.74, 6) is 1.11. The Morgan fingerprint density at radius 1 is 1.22 bits per heavy atom. The van der Waals surface area contributed by atoms with Gasteiger partial charge in [0, 0.05) is 44.1 Å². The van der Waals surface area contributed by atoms with Gasteiger partial charge < -0.3 is 19.5 Å². The lowest BCUT2D eigenvalue weighted by Gasteiger charge is -2.28. The van der Waals surface area contributed by atoms with Crippen molar-refractivity contribution in [2.75, 3.05) is 33.4 Å². The van der Waals surface area contributed by atoms with Gasteiger partial charge in [-0.15, -0.1) is 0 Å². The van der Waals surface area contributed by atoms with Gasteiger partial charge in [0.2, 0.25) is 11.8 Å². The maximum absolute atomic E-state index is 12.5. The lowest BCUT2D eigenvalue weighted by atomic mass is 10.0. The van der Waals surface area contributed by atoms with E-state index in [2.05, 4.69) is 4.98 Å². The van der Waals surface area contributed by atoms with Crippen LogP contribution in [-0.2, 0) is 27.3 Å². The number of ether oxygens (including phenoxy) is 1. The van der Waals surface area contributed by atoms with Gasteiger partial charge in [-0.2, -0.15) is 0 Å². The zero-order valence-electron chi connectivity index (χ0n) is 15.7. The fraction of sp³-hybridized carbons (Fsp3) is 0.684. The number of carbonyl (C=O) groups excluding carboxylic acids is 2. The van der Waals surface area contributed by atoms with E-state index in [0.29, 0.717) is 57.0 Å². The van der Waals surface area contributed by atoms with E-state index in [1.807, 2.05) is 9.80 Å². The molecule has 2 aliphatic heterocycles. The van der Waals surface area contributed by atoms with Gasteiger partial charge in [0.15, 0.2) is 0 Å².